The molecule has 0 bridgehead atoms. The molecule has 19 heavy (non-hydrogen) atoms. The van der Waals surface area contributed by atoms with E-state index in [-0.39, 0.29) is 0 Å². The number of nitrogens with one attached hydrogen (secondary N) is 1. The van der Waals surface area contributed by atoms with Gasteiger partial charge in [-0.25, -0.2) is 4.98 Å². The van der Waals surface area contributed by atoms with Crippen LogP contribution in [0.5, 0.6) is 0 Å². The Hall–Kier alpha value is -1.000. The van der Waals surface area contributed by atoms with E-state index in [1.54, 1.807) is 12.1 Å². The molecule has 0 unspecified atom stereocenters. The van der Waals surface area contributed by atoms with Crippen LogP contribution in [0.4, 0.5) is 10.8 Å². The van der Waals surface area contributed by atoms with E-state index in [4.69, 9.17) is 34.8 Å². The first-order valence-corrected chi connectivity index (χ1v) is 7.35. The molecule has 1 N–H and O–H groups in total. The quantitative estimate of drug-likeness (QED) is 0.623. The Kier molecular flexibility index (Phi) is 3.54. The number of thiazole rings is 1. The van der Waals surface area contributed by atoms with Crippen molar-refractivity contribution in [3.63, 3.8) is 0 Å². The fraction of sp³-hybridized carbons (Fsp3) is 0. The van der Waals surface area contributed by atoms with Gasteiger partial charge in [-0.1, -0.05) is 52.2 Å². The lowest BCUT2D eigenvalue weighted by Crippen LogP contribution is -1.89. The Bertz CT molecular complexity index is 755. The van der Waals surface area contributed by atoms with Gasteiger partial charge >= 0.3 is 0 Å². The van der Waals surface area contributed by atoms with Gasteiger partial charge in [0.25, 0.3) is 0 Å². The molecule has 0 spiro atoms. The number of rotatable bonds is 2. The lowest BCUT2D eigenvalue weighted by atomic mass is 10.3. The van der Waals surface area contributed by atoms with Crippen LogP contribution < -0.4 is 5.32 Å². The molecule has 0 radical (unpaired) electrons. The first-order valence-electron chi connectivity index (χ1n) is 5.40. The Morgan fingerprint density at radius 1 is 1.00 bits per heavy atom. The molecule has 0 saturated carbocycles. The molecular formula is C13H7Cl3N2S. The number of nitrogens with zero attached hydrogens (tertiary/aromatic N) is 1. The normalized spacial score (nSPS) is 10.9. The number of aromatic nitrogens is 1. The Morgan fingerprint density at radius 2 is 1.84 bits per heavy atom. The summed E-state index contributed by atoms with van der Waals surface area (Å²) in [6.07, 6.45) is 0. The smallest absolute Gasteiger partial charge is 0.188 e. The van der Waals surface area contributed by atoms with Crippen LogP contribution in [0.2, 0.25) is 15.1 Å². The van der Waals surface area contributed by atoms with E-state index in [1.807, 2.05) is 24.3 Å². The maximum atomic E-state index is 6.12. The van der Waals surface area contributed by atoms with E-state index in [0.717, 1.165) is 21.0 Å². The second kappa shape index (κ2) is 5.17. The SMILES string of the molecule is Clc1ccc(Nc2nc3cccc(Cl)c3s2)c(Cl)c1. The molecule has 0 aliphatic carbocycles. The van der Waals surface area contributed by atoms with Gasteiger partial charge in [-0.15, -0.1) is 0 Å². The fourth-order valence-corrected chi connectivity index (χ4v) is 3.30. The third-order valence-electron chi connectivity index (χ3n) is 2.54. The number of anilines is 2. The minimum Gasteiger partial charge on any atom is -0.330 e. The van der Waals surface area contributed by atoms with E-state index in [2.05, 4.69) is 10.3 Å². The summed E-state index contributed by atoms with van der Waals surface area (Å²) in [5.74, 6) is 0. The number of benzene rings is 2. The molecule has 6 heteroatoms. The number of halogens is 3. The molecule has 2 aromatic carbocycles. The topological polar surface area (TPSA) is 24.9 Å². The van der Waals surface area contributed by atoms with Crippen molar-refractivity contribution in [3.05, 3.63) is 51.5 Å². The largest absolute Gasteiger partial charge is 0.330 e. The summed E-state index contributed by atoms with van der Waals surface area (Å²) in [4.78, 5) is 4.46. The molecule has 0 aliphatic rings. The molecule has 0 saturated heterocycles. The Morgan fingerprint density at radius 3 is 2.58 bits per heavy atom. The van der Waals surface area contributed by atoms with Crippen molar-refractivity contribution in [3.8, 4) is 0 Å². The highest BCUT2D eigenvalue weighted by molar-refractivity contribution is 7.22. The number of hydrogen-bond acceptors (Lipinski definition) is 3. The Labute approximate surface area is 128 Å². The van der Waals surface area contributed by atoms with Crippen LogP contribution in [0.3, 0.4) is 0 Å². The molecule has 3 rings (SSSR count). The van der Waals surface area contributed by atoms with Crippen LogP contribution in [0.1, 0.15) is 0 Å². The van der Waals surface area contributed by atoms with Gasteiger partial charge < -0.3 is 5.32 Å². The molecule has 1 heterocycles. The van der Waals surface area contributed by atoms with Crippen LogP contribution >= 0.6 is 46.1 Å². The van der Waals surface area contributed by atoms with E-state index in [1.165, 1.54) is 11.3 Å². The maximum absolute atomic E-state index is 6.12. The van der Waals surface area contributed by atoms with Gasteiger partial charge in [0, 0.05) is 5.02 Å². The van der Waals surface area contributed by atoms with Gasteiger partial charge in [-0.3, -0.25) is 0 Å². The highest BCUT2D eigenvalue weighted by atomic mass is 35.5. The molecule has 0 aliphatic heterocycles. The van der Waals surface area contributed by atoms with Crippen molar-refractivity contribution >= 4 is 67.2 Å². The summed E-state index contributed by atoms with van der Waals surface area (Å²) in [7, 11) is 0. The average Bonchev–Trinajstić information content (AvgIpc) is 2.77. The molecule has 0 fully saturated rings. The maximum Gasteiger partial charge on any atom is 0.188 e. The summed E-state index contributed by atoms with van der Waals surface area (Å²) in [6, 6.07) is 10.9. The molecule has 2 nitrogen and oxygen atoms in total. The second-order valence-corrected chi connectivity index (χ2v) is 6.11. The zero-order valence-electron chi connectivity index (χ0n) is 9.45. The van der Waals surface area contributed by atoms with E-state index < -0.39 is 0 Å². The summed E-state index contributed by atoms with van der Waals surface area (Å²) in [6.45, 7) is 0. The molecule has 3 aromatic rings. The highest BCUT2D eigenvalue weighted by Crippen LogP contribution is 2.35. The molecule has 0 amide bonds. The van der Waals surface area contributed by atoms with Crippen molar-refractivity contribution < 1.29 is 0 Å². The molecule has 96 valence electrons. The van der Waals surface area contributed by atoms with Crippen molar-refractivity contribution in [2.75, 3.05) is 5.32 Å². The minimum absolute atomic E-state index is 0.554. The first-order chi connectivity index (χ1) is 9.13. The number of hydrogen-bond donors (Lipinski definition) is 1. The predicted octanol–water partition coefficient (Wildman–Crippen LogP) is 6.00. The zero-order chi connectivity index (χ0) is 13.4. The predicted molar refractivity (Wildman–Crippen MR) is 84.4 cm³/mol. The van der Waals surface area contributed by atoms with Gasteiger partial charge in [-0.2, -0.15) is 0 Å². The van der Waals surface area contributed by atoms with Gasteiger partial charge in [-0.05, 0) is 30.3 Å². The molecular weight excluding hydrogens is 323 g/mol. The number of fused-ring (bicyclic) bond motifs is 1. The van der Waals surface area contributed by atoms with E-state index >= 15 is 0 Å². The van der Waals surface area contributed by atoms with Gasteiger partial charge in [0.05, 0.1) is 25.9 Å². The first kappa shape index (κ1) is 13.0. The second-order valence-electron chi connectivity index (χ2n) is 3.86. The molecule has 0 atom stereocenters. The van der Waals surface area contributed by atoms with Gasteiger partial charge in [0.2, 0.25) is 0 Å². The van der Waals surface area contributed by atoms with Gasteiger partial charge in [0.1, 0.15) is 0 Å². The minimum atomic E-state index is 0.554. The van der Waals surface area contributed by atoms with Crippen molar-refractivity contribution in [1.82, 2.24) is 4.98 Å². The Balaban J connectivity index is 1.99. The lowest BCUT2D eigenvalue weighted by molar-refractivity contribution is 1.44. The molecule has 1 aromatic heterocycles. The van der Waals surface area contributed by atoms with Crippen LogP contribution in [0.15, 0.2) is 36.4 Å². The third kappa shape index (κ3) is 2.65. The van der Waals surface area contributed by atoms with Crippen molar-refractivity contribution in [1.29, 1.82) is 0 Å². The van der Waals surface area contributed by atoms with Crippen LogP contribution in [-0.2, 0) is 0 Å². The third-order valence-corrected chi connectivity index (χ3v) is 4.53. The van der Waals surface area contributed by atoms with Crippen molar-refractivity contribution in [2.24, 2.45) is 0 Å². The van der Waals surface area contributed by atoms with E-state index in [0.29, 0.717) is 15.1 Å². The van der Waals surface area contributed by atoms with Crippen LogP contribution in [-0.4, -0.2) is 4.98 Å². The lowest BCUT2D eigenvalue weighted by Gasteiger charge is -2.04. The standard InChI is InChI=1S/C13H7Cl3N2S/c14-7-4-5-10(9(16)6-7)17-13-18-11-3-1-2-8(15)12(11)19-13/h1-6H,(H,17,18). The fourth-order valence-electron chi connectivity index (χ4n) is 1.67. The highest BCUT2D eigenvalue weighted by Gasteiger charge is 2.08. The summed E-state index contributed by atoms with van der Waals surface area (Å²) >= 11 is 19.6. The monoisotopic (exact) mass is 328 g/mol. The summed E-state index contributed by atoms with van der Waals surface area (Å²) < 4.78 is 0.955. The van der Waals surface area contributed by atoms with Gasteiger partial charge in [0.15, 0.2) is 5.13 Å². The summed E-state index contributed by atoms with van der Waals surface area (Å²) in [5, 5.41) is 5.77. The van der Waals surface area contributed by atoms with Crippen LogP contribution in [0.25, 0.3) is 10.2 Å². The van der Waals surface area contributed by atoms with Crippen LogP contribution in [0, 0.1) is 0 Å². The van der Waals surface area contributed by atoms with Crippen molar-refractivity contribution in [2.45, 2.75) is 0 Å². The summed E-state index contributed by atoms with van der Waals surface area (Å²) in [5.41, 5.74) is 1.63. The van der Waals surface area contributed by atoms with E-state index in [9.17, 15) is 0 Å². The zero-order valence-corrected chi connectivity index (χ0v) is 12.5. The average molecular weight is 330 g/mol.